The van der Waals surface area contributed by atoms with Crippen molar-refractivity contribution < 1.29 is 14.3 Å². The summed E-state index contributed by atoms with van der Waals surface area (Å²) in [6.45, 7) is 3.41. The van der Waals surface area contributed by atoms with E-state index in [1.165, 1.54) is 5.56 Å². The summed E-state index contributed by atoms with van der Waals surface area (Å²) in [7, 11) is 3.27. The zero-order chi connectivity index (χ0) is 14.1. The molecule has 1 aromatic carbocycles. The summed E-state index contributed by atoms with van der Waals surface area (Å²) in [6.07, 6.45) is 2.49. The maximum Gasteiger partial charge on any atom is 0.160 e. The maximum atomic E-state index is 10.8. The Bertz CT molecular complexity index is 404. The zero-order valence-corrected chi connectivity index (χ0v) is 12.0. The fraction of sp³-hybridized carbons (Fsp3) is 0.533. The lowest BCUT2D eigenvalue weighted by atomic mass is 10.1. The first-order valence-electron chi connectivity index (χ1n) is 6.58. The van der Waals surface area contributed by atoms with E-state index < -0.39 is 0 Å². The number of carbonyl (C=O) groups is 1. The molecule has 1 N–H and O–H groups in total. The number of nitrogens with one attached hydrogen (secondary N) is 1. The van der Waals surface area contributed by atoms with E-state index in [-0.39, 0.29) is 5.78 Å². The van der Waals surface area contributed by atoms with Gasteiger partial charge in [-0.1, -0.05) is 6.07 Å². The fourth-order valence-electron chi connectivity index (χ4n) is 1.86. The first-order chi connectivity index (χ1) is 9.17. The Hall–Kier alpha value is -1.55. The molecule has 106 valence electrons. The summed E-state index contributed by atoms with van der Waals surface area (Å²) in [5.41, 5.74) is 1.21. The predicted octanol–water partition coefficient (Wildman–Crippen LogP) is 2.21. The van der Waals surface area contributed by atoms with Gasteiger partial charge in [0.25, 0.3) is 0 Å². The van der Waals surface area contributed by atoms with Gasteiger partial charge >= 0.3 is 0 Å². The Morgan fingerprint density at radius 3 is 2.53 bits per heavy atom. The van der Waals surface area contributed by atoms with Gasteiger partial charge < -0.3 is 19.6 Å². The van der Waals surface area contributed by atoms with E-state index in [1.807, 2.05) is 18.2 Å². The van der Waals surface area contributed by atoms with E-state index in [2.05, 4.69) is 5.32 Å². The highest BCUT2D eigenvalue weighted by molar-refractivity contribution is 5.75. The van der Waals surface area contributed by atoms with E-state index in [0.29, 0.717) is 6.42 Å². The quantitative estimate of drug-likeness (QED) is 0.695. The molecule has 0 amide bonds. The number of methoxy groups -OCH3 is 2. The van der Waals surface area contributed by atoms with Crippen molar-refractivity contribution in [2.45, 2.75) is 26.2 Å². The lowest BCUT2D eigenvalue weighted by Gasteiger charge is -2.10. The summed E-state index contributed by atoms with van der Waals surface area (Å²) >= 11 is 0. The molecule has 0 atom stereocenters. The molecule has 0 aliphatic heterocycles. The van der Waals surface area contributed by atoms with Gasteiger partial charge in [0, 0.05) is 6.42 Å². The molecule has 0 aliphatic rings. The van der Waals surface area contributed by atoms with Gasteiger partial charge in [0.05, 0.1) is 14.2 Å². The van der Waals surface area contributed by atoms with Crippen LogP contribution in [0.5, 0.6) is 11.5 Å². The van der Waals surface area contributed by atoms with E-state index in [0.717, 1.165) is 37.4 Å². The van der Waals surface area contributed by atoms with E-state index in [1.54, 1.807) is 21.1 Å². The van der Waals surface area contributed by atoms with Crippen LogP contribution < -0.4 is 14.8 Å². The molecule has 0 aliphatic carbocycles. The van der Waals surface area contributed by atoms with Crippen LogP contribution in [0, 0.1) is 0 Å². The molecule has 4 nitrogen and oxygen atoms in total. The molecule has 1 aromatic rings. The molecule has 0 heterocycles. The number of Topliss-reactive ketones (excluding diaryl/α,β-unsaturated/α-hetero) is 1. The van der Waals surface area contributed by atoms with Gasteiger partial charge in [-0.3, -0.25) is 0 Å². The van der Waals surface area contributed by atoms with Crippen molar-refractivity contribution in [3.63, 3.8) is 0 Å². The molecule has 0 radical (unpaired) electrons. The first kappa shape index (κ1) is 15.5. The first-order valence-corrected chi connectivity index (χ1v) is 6.58. The number of carbonyl (C=O) groups excluding carboxylic acids is 1. The van der Waals surface area contributed by atoms with Crippen LogP contribution in [0.4, 0.5) is 0 Å². The molecule has 0 bridgehead atoms. The molecule has 0 aromatic heterocycles. The number of rotatable bonds is 9. The highest BCUT2D eigenvalue weighted by atomic mass is 16.5. The molecule has 0 spiro atoms. The number of ether oxygens (including phenoxy) is 2. The molecule has 19 heavy (non-hydrogen) atoms. The number of benzene rings is 1. The van der Waals surface area contributed by atoms with Gasteiger partial charge in [-0.25, -0.2) is 0 Å². The van der Waals surface area contributed by atoms with Gasteiger partial charge in [-0.05, 0) is 50.6 Å². The summed E-state index contributed by atoms with van der Waals surface area (Å²) in [4.78, 5) is 10.8. The van der Waals surface area contributed by atoms with Crippen LogP contribution in [-0.4, -0.2) is 33.1 Å². The molecular formula is C15H23NO3. The van der Waals surface area contributed by atoms with Gasteiger partial charge in [0.2, 0.25) is 0 Å². The smallest absolute Gasteiger partial charge is 0.160 e. The second-order valence-electron chi connectivity index (χ2n) is 4.49. The molecule has 0 saturated carbocycles. The summed E-state index contributed by atoms with van der Waals surface area (Å²) in [5.74, 6) is 1.76. The Morgan fingerprint density at radius 1 is 1.16 bits per heavy atom. The van der Waals surface area contributed by atoms with Crippen LogP contribution >= 0.6 is 0 Å². The minimum atomic E-state index is 0.252. The highest BCUT2D eigenvalue weighted by Crippen LogP contribution is 2.27. The lowest BCUT2D eigenvalue weighted by Crippen LogP contribution is -2.19. The van der Waals surface area contributed by atoms with Crippen LogP contribution in [0.15, 0.2) is 18.2 Å². The monoisotopic (exact) mass is 265 g/mol. The van der Waals surface area contributed by atoms with Crippen LogP contribution in [-0.2, 0) is 11.2 Å². The molecule has 0 fully saturated rings. The highest BCUT2D eigenvalue weighted by Gasteiger charge is 2.04. The Balaban J connectivity index is 2.31. The minimum absolute atomic E-state index is 0.252. The van der Waals surface area contributed by atoms with Gasteiger partial charge in [0.1, 0.15) is 5.78 Å². The van der Waals surface area contributed by atoms with E-state index >= 15 is 0 Å². The molecule has 1 rings (SSSR count). The second-order valence-corrected chi connectivity index (χ2v) is 4.49. The molecule has 0 unspecified atom stereocenters. The largest absolute Gasteiger partial charge is 0.493 e. The summed E-state index contributed by atoms with van der Waals surface area (Å²) < 4.78 is 10.5. The Kier molecular flexibility index (Phi) is 6.97. The van der Waals surface area contributed by atoms with E-state index in [9.17, 15) is 4.79 Å². The SMILES string of the molecule is COc1ccc(CCNCCCC(C)=O)cc1OC. The van der Waals surface area contributed by atoms with E-state index in [4.69, 9.17) is 9.47 Å². The van der Waals surface area contributed by atoms with Crippen LogP contribution in [0.2, 0.25) is 0 Å². The van der Waals surface area contributed by atoms with Crippen molar-refractivity contribution in [1.29, 1.82) is 0 Å². The van der Waals surface area contributed by atoms with Crippen molar-refractivity contribution >= 4 is 5.78 Å². The lowest BCUT2D eigenvalue weighted by molar-refractivity contribution is -0.117. The minimum Gasteiger partial charge on any atom is -0.493 e. The molecule has 0 saturated heterocycles. The van der Waals surface area contributed by atoms with Crippen molar-refractivity contribution in [2.75, 3.05) is 27.3 Å². The van der Waals surface area contributed by atoms with Crippen LogP contribution in [0.25, 0.3) is 0 Å². The summed E-state index contributed by atoms with van der Waals surface area (Å²) in [5, 5.41) is 3.33. The number of hydrogen-bond donors (Lipinski definition) is 1. The molecule has 4 heteroatoms. The number of ketones is 1. The normalized spacial score (nSPS) is 10.3. The zero-order valence-electron chi connectivity index (χ0n) is 12.0. The average molecular weight is 265 g/mol. The standard InChI is InChI=1S/C15H23NO3/c1-12(17)5-4-9-16-10-8-13-6-7-14(18-2)15(11-13)19-3/h6-7,11,16H,4-5,8-10H2,1-3H3. The third-order valence-corrected chi connectivity index (χ3v) is 2.92. The fourth-order valence-corrected chi connectivity index (χ4v) is 1.86. The van der Waals surface area contributed by atoms with Crippen molar-refractivity contribution in [1.82, 2.24) is 5.32 Å². The van der Waals surface area contributed by atoms with Gasteiger partial charge in [0.15, 0.2) is 11.5 Å². The molecular weight excluding hydrogens is 242 g/mol. The third-order valence-electron chi connectivity index (χ3n) is 2.92. The summed E-state index contributed by atoms with van der Waals surface area (Å²) in [6, 6.07) is 5.96. The third kappa shape index (κ3) is 5.75. The average Bonchev–Trinajstić information content (AvgIpc) is 2.42. The van der Waals surface area contributed by atoms with Crippen LogP contribution in [0.3, 0.4) is 0 Å². The predicted molar refractivity (Wildman–Crippen MR) is 76.0 cm³/mol. The van der Waals surface area contributed by atoms with Crippen molar-refractivity contribution in [3.8, 4) is 11.5 Å². The maximum absolute atomic E-state index is 10.8. The topological polar surface area (TPSA) is 47.6 Å². The Labute approximate surface area is 115 Å². The van der Waals surface area contributed by atoms with Crippen LogP contribution in [0.1, 0.15) is 25.3 Å². The van der Waals surface area contributed by atoms with Crippen molar-refractivity contribution in [3.05, 3.63) is 23.8 Å². The number of hydrogen-bond acceptors (Lipinski definition) is 4. The van der Waals surface area contributed by atoms with Crippen molar-refractivity contribution in [2.24, 2.45) is 0 Å². The van der Waals surface area contributed by atoms with Gasteiger partial charge in [-0.15, -0.1) is 0 Å². The Morgan fingerprint density at radius 2 is 1.89 bits per heavy atom. The van der Waals surface area contributed by atoms with Gasteiger partial charge in [-0.2, -0.15) is 0 Å². The second kappa shape index (κ2) is 8.53.